The van der Waals surface area contributed by atoms with Crippen LogP contribution < -0.4 is 5.32 Å². The highest BCUT2D eigenvalue weighted by molar-refractivity contribution is 7.16. The predicted molar refractivity (Wildman–Crippen MR) is 114 cm³/mol. The maximum Gasteiger partial charge on any atom is 0.138 e. The van der Waals surface area contributed by atoms with Crippen molar-refractivity contribution in [1.29, 1.82) is 0 Å². The average molecular weight is 398 g/mol. The first-order valence-electron chi connectivity index (χ1n) is 10.0. The van der Waals surface area contributed by atoms with Gasteiger partial charge in [-0.1, -0.05) is 37.3 Å². The number of thiophene rings is 1. The van der Waals surface area contributed by atoms with E-state index in [2.05, 4.69) is 59.9 Å². The molecule has 148 valence electrons. The fraction of sp³-hybridized carbons (Fsp3) is 0.455. The number of rotatable bonds is 7. The molecule has 5 nitrogen and oxygen atoms in total. The number of hydrogen-bond acceptors (Lipinski definition) is 6. The highest BCUT2D eigenvalue weighted by atomic mass is 32.1. The van der Waals surface area contributed by atoms with Gasteiger partial charge in [0.05, 0.1) is 17.5 Å². The number of anilines is 1. The minimum Gasteiger partial charge on any atom is -0.381 e. The number of hydrogen-bond donors (Lipinski definition) is 1. The summed E-state index contributed by atoms with van der Waals surface area (Å²) in [4.78, 5) is 10.4. The molecule has 3 heterocycles. The molecule has 1 N–H and O–H groups in total. The minimum atomic E-state index is -0.0574. The lowest BCUT2D eigenvalue weighted by Gasteiger charge is -2.32. The maximum atomic E-state index is 6.58. The Hall–Kier alpha value is -2.02. The summed E-state index contributed by atoms with van der Waals surface area (Å²) in [5, 5.41) is 6.78. The van der Waals surface area contributed by atoms with Crippen LogP contribution in [0.2, 0.25) is 0 Å². The fourth-order valence-corrected chi connectivity index (χ4v) is 4.39. The van der Waals surface area contributed by atoms with Crippen molar-refractivity contribution in [3.8, 4) is 0 Å². The smallest absolute Gasteiger partial charge is 0.138 e. The predicted octanol–water partition coefficient (Wildman–Crippen LogP) is 4.99. The van der Waals surface area contributed by atoms with E-state index in [4.69, 9.17) is 14.5 Å². The summed E-state index contributed by atoms with van der Waals surface area (Å²) in [6, 6.07) is 12.6. The molecule has 4 rings (SSSR count). The molecule has 3 aromatic rings. The van der Waals surface area contributed by atoms with Gasteiger partial charge >= 0.3 is 0 Å². The summed E-state index contributed by atoms with van der Waals surface area (Å²) in [5.74, 6) is 1.76. The van der Waals surface area contributed by atoms with Gasteiger partial charge in [-0.25, -0.2) is 9.97 Å². The number of benzene rings is 1. The zero-order valence-electron chi connectivity index (χ0n) is 16.4. The minimum absolute atomic E-state index is 0.0574. The zero-order chi connectivity index (χ0) is 19.3. The third kappa shape index (κ3) is 4.35. The van der Waals surface area contributed by atoms with Gasteiger partial charge in [-0.2, -0.15) is 0 Å². The average Bonchev–Trinajstić information content (AvgIpc) is 3.22. The third-order valence-corrected chi connectivity index (χ3v) is 5.95. The molecule has 0 bridgehead atoms. The Kier molecular flexibility index (Phi) is 6.20. The van der Waals surface area contributed by atoms with Crippen molar-refractivity contribution in [2.75, 3.05) is 18.5 Å². The van der Waals surface area contributed by atoms with E-state index in [9.17, 15) is 0 Å². The fourth-order valence-electron chi connectivity index (χ4n) is 3.61. The van der Waals surface area contributed by atoms with Crippen LogP contribution in [-0.4, -0.2) is 35.3 Å². The molecule has 2 unspecified atom stereocenters. The van der Waals surface area contributed by atoms with Gasteiger partial charge in [0.15, 0.2) is 0 Å². The van der Waals surface area contributed by atoms with Gasteiger partial charge in [-0.15, -0.1) is 11.3 Å². The molecule has 1 aromatic carbocycles. The van der Waals surface area contributed by atoms with E-state index in [1.54, 1.807) is 11.3 Å². The Morgan fingerprint density at radius 2 is 1.96 bits per heavy atom. The quantitative estimate of drug-likeness (QED) is 0.609. The lowest BCUT2D eigenvalue weighted by molar-refractivity contribution is -0.0738. The van der Waals surface area contributed by atoms with Gasteiger partial charge in [0, 0.05) is 19.6 Å². The van der Waals surface area contributed by atoms with Crippen molar-refractivity contribution >= 4 is 27.4 Å². The standard InChI is InChI=1S/C22H27N3O2S/c1-3-19-24-21(18-11-14-28-22(18)25-19)23-15(2)20(16-7-5-4-6-8-16)27-17-9-12-26-13-10-17/h4-8,11,14-15,17,20H,3,9-10,12-13H2,1-2H3,(H,23,24,25). The summed E-state index contributed by atoms with van der Waals surface area (Å²) in [6.45, 7) is 5.80. The molecule has 6 heteroatoms. The van der Waals surface area contributed by atoms with Crippen LogP contribution in [0.1, 0.15) is 44.2 Å². The van der Waals surface area contributed by atoms with Crippen LogP contribution >= 0.6 is 11.3 Å². The molecule has 0 spiro atoms. The number of aromatic nitrogens is 2. The largest absolute Gasteiger partial charge is 0.381 e. The highest BCUT2D eigenvalue weighted by Gasteiger charge is 2.26. The van der Waals surface area contributed by atoms with E-state index < -0.39 is 0 Å². The van der Waals surface area contributed by atoms with Crippen molar-refractivity contribution in [2.24, 2.45) is 0 Å². The van der Waals surface area contributed by atoms with Gasteiger partial charge in [-0.3, -0.25) is 0 Å². The Labute approximate surface area is 170 Å². The van der Waals surface area contributed by atoms with E-state index in [1.165, 1.54) is 5.56 Å². The van der Waals surface area contributed by atoms with Crippen LogP contribution in [-0.2, 0) is 15.9 Å². The Morgan fingerprint density at radius 3 is 2.71 bits per heavy atom. The molecule has 1 aliphatic heterocycles. The molecule has 28 heavy (non-hydrogen) atoms. The van der Waals surface area contributed by atoms with Crippen molar-refractivity contribution in [3.63, 3.8) is 0 Å². The van der Waals surface area contributed by atoms with Gasteiger partial charge in [-0.05, 0) is 36.8 Å². The second-order valence-electron chi connectivity index (χ2n) is 7.19. The maximum absolute atomic E-state index is 6.58. The van der Waals surface area contributed by atoms with Crippen molar-refractivity contribution in [1.82, 2.24) is 9.97 Å². The lowest BCUT2D eigenvalue weighted by atomic mass is 10.0. The Bertz CT molecular complexity index is 893. The molecule has 1 aliphatic rings. The summed E-state index contributed by atoms with van der Waals surface area (Å²) < 4.78 is 12.1. The van der Waals surface area contributed by atoms with Crippen LogP contribution in [0.4, 0.5) is 5.82 Å². The van der Waals surface area contributed by atoms with Gasteiger partial charge in [0.2, 0.25) is 0 Å². The number of ether oxygens (including phenoxy) is 2. The van der Waals surface area contributed by atoms with E-state index in [1.807, 2.05) is 6.07 Å². The first-order chi connectivity index (χ1) is 13.7. The molecule has 0 aliphatic carbocycles. The second-order valence-corrected chi connectivity index (χ2v) is 8.09. The van der Waals surface area contributed by atoms with Crippen LogP contribution in [0.25, 0.3) is 10.2 Å². The van der Waals surface area contributed by atoms with Crippen LogP contribution in [0, 0.1) is 0 Å². The van der Waals surface area contributed by atoms with Gasteiger partial charge < -0.3 is 14.8 Å². The van der Waals surface area contributed by atoms with E-state index in [0.717, 1.165) is 54.3 Å². The van der Waals surface area contributed by atoms with E-state index >= 15 is 0 Å². The third-order valence-electron chi connectivity index (χ3n) is 5.14. The summed E-state index contributed by atoms with van der Waals surface area (Å²) in [5.41, 5.74) is 1.18. The first-order valence-corrected chi connectivity index (χ1v) is 10.9. The molecule has 1 fully saturated rings. The topological polar surface area (TPSA) is 56.3 Å². The summed E-state index contributed by atoms with van der Waals surface area (Å²) >= 11 is 1.66. The van der Waals surface area contributed by atoms with E-state index in [0.29, 0.717) is 0 Å². The van der Waals surface area contributed by atoms with Crippen molar-refractivity contribution in [3.05, 3.63) is 53.2 Å². The second kappa shape index (κ2) is 8.99. The molecular formula is C22H27N3O2S. The number of aryl methyl sites for hydroxylation is 1. The molecule has 0 radical (unpaired) electrons. The monoisotopic (exact) mass is 397 g/mol. The van der Waals surface area contributed by atoms with Gasteiger partial charge in [0.1, 0.15) is 22.6 Å². The zero-order valence-corrected chi connectivity index (χ0v) is 17.2. The van der Waals surface area contributed by atoms with Crippen molar-refractivity contribution < 1.29 is 9.47 Å². The van der Waals surface area contributed by atoms with Crippen LogP contribution in [0.15, 0.2) is 41.8 Å². The summed E-state index contributed by atoms with van der Waals surface area (Å²) in [7, 11) is 0. The lowest BCUT2D eigenvalue weighted by Crippen LogP contribution is -2.33. The van der Waals surface area contributed by atoms with Crippen LogP contribution in [0.5, 0.6) is 0 Å². The number of nitrogens with one attached hydrogen (secondary N) is 1. The first kappa shape index (κ1) is 19.3. The Balaban J connectivity index is 1.60. The molecule has 0 saturated carbocycles. The molecular weight excluding hydrogens is 370 g/mol. The van der Waals surface area contributed by atoms with Gasteiger partial charge in [0.25, 0.3) is 0 Å². The molecule has 2 aromatic heterocycles. The van der Waals surface area contributed by atoms with E-state index in [-0.39, 0.29) is 18.2 Å². The SMILES string of the molecule is CCc1nc(NC(C)C(OC2CCOCC2)c2ccccc2)c2ccsc2n1. The van der Waals surface area contributed by atoms with Crippen molar-refractivity contribution in [2.45, 2.75) is 51.4 Å². The molecule has 1 saturated heterocycles. The normalized spacial score (nSPS) is 17.5. The molecule has 2 atom stereocenters. The number of nitrogens with zero attached hydrogens (tertiary/aromatic N) is 2. The Morgan fingerprint density at radius 1 is 1.18 bits per heavy atom. The highest BCUT2D eigenvalue weighted by Crippen LogP contribution is 2.31. The summed E-state index contributed by atoms with van der Waals surface area (Å²) in [6.07, 6.45) is 2.87. The van der Waals surface area contributed by atoms with Crippen LogP contribution in [0.3, 0.4) is 0 Å². The number of fused-ring (bicyclic) bond motifs is 1. The molecule has 0 amide bonds.